The van der Waals surface area contributed by atoms with Crippen LogP contribution >= 0.6 is 0 Å². The van der Waals surface area contributed by atoms with Crippen LogP contribution < -0.4 is 4.90 Å². The van der Waals surface area contributed by atoms with Gasteiger partial charge in [0, 0.05) is 33.2 Å². The van der Waals surface area contributed by atoms with E-state index in [1.54, 1.807) is 11.1 Å². The predicted molar refractivity (Wildman–Crippen MR) is 235 cm³/mol. The minimum absolute atomic E-state index is 0.124. The summed E-state index contributed by atoms with van der Waals surface area (Å²) in [5.74, 6) is 3.65. The Morgan fingerprint density at radius 2 is 1.21 bits per heavy atom. The summed E-state index contributed by atoms with van der Waals surface area (Å²) in [6.45, 7) is 0. The molecule has 2 heterocycles. The van der Waals surface area contributed by atoms with E-state index < -0.39 is 0 Å². The SMILES string of the molecule is c1ccc2c(c1)-c1ccc(N3c4ccccc4C45CCC(c6ccccc64)c4c(-c6cccc7oc8ccccc8c67)ccc3c45)cc1C21C2CC3CC(C2)CC1C3. The molecule has 278 valence electrons. The Balaban J connectivity index is 1.02. The Morgan fingerprint density at radius 3 is 2.09 bits per heavy atom. The van der Waals surface area contributed by atoms with Gasteiger partial charge in [-0.3, -0.25) is 0 Å². The van der Waals surface area contributed by atoms with Gasteiger partial charge in [-0.15, -0.1) is 0 Å². The third kappa shape index (κ3) is 3.49. The average Bonchev–Trinajstić information content (AvgIpc) is 3.80. The average molecular weight is 746 g/mol. The fourth-order valence-corrected chi connectivity index (χ4v) is 15.4. The first-order valence-corrected chi connectivity index (χ1v) is 22.0. The summed E-state index contributed by atoms with van der Waals surface area (Å²) >= 11 is 0. The molecule has 2 spiro atoms. The maximum absolute atomic E-state index is 6.51. The number of hydrogen-bond acceptors (Lipinski definition) is 2. The summed E-state index contributed by atoms with van der Waals surface area (Å²) in [5.41, 5.74) is 22.2. The molecular weight excluding hydrogens is 703 g/mol. The van der Waals surface area contributed by atoms with Crippen LogP contribution in [0.25, 0.3) is 44.2 Å². The molecule has 4 fully saturated rings. The van der Waals surface area contributed by atoms with Crippen LogP contribution in [0.1, 0.15) is 89.8 Å². The number of nitrogens with zero attached hydrogens (tertiary/aromatic N) is 1. The second-order valence-corrected chi connectivity index (χ2v) is 19.1. The molecule has 6 bridgehead atoms. The summed E-state index contributed by atoms with van der Waals surface area (Å²) in [6.07, 6.45) is 9.32. The van der Waals surface area contributed by atoms with Gasteiger partial charge in [-0.1, -0.05) is 109 Å². The fraction of sp³-hybridized carbons (Fsp3) is 0.250. The number of hydrogen-bond donors (Lipinski definition) is 0. The van der Waals surface area contributed by atoms with Gasteiger partial charge in [-0.25, -0.2) is 0 Å². The molecule has 2 heteroatoms. The van der Waals surface area contributed by atoms with E-state index in [4.69, 9.17) is 4.42 Å². The maximum Gasteiger partial charge on any atom is 0.136 e. The molecule has 17 rings (SSSR count). The van der Waals surface area contributed by atoms with Crippen LogP contribution in [-0.2, 0) is 10.8 Å². The first kappa shape index (κ1) is 31.2. The Bertz CT molecular complexity index is 3100. The fourth-order valence-electron chi connectivity index (χ4n) is 15.4. The lowest BCUT2D eigenvalue weighted by atomic mass is 9.43. The summed E-state index contributed by atoms with van der Waals surface area (Å²) < 4.78 is 6.51. The van der Waals surface area contributed by atoms with Gasteiger partial charge < -0.3 is 9.32 Å². The molecular formula is C56H43NO. The van der Waals surface area contributed by atoms with Crippen molar-refractivity contribution in [2.45, 2.75) is 61.7 Å². The van der Waals surface area contributed by atoms with Crippen LogP contribution in [-0.4, -0.2) is 0 Å². The molecule has 2 atom stereocenters. The predicted octanol–water partition coefficient (Wildman–Crippen LogP) is 14.3. The molecule has 0 amide bonds. The smallest absolute Gasteiger partial charge is 0.136 e. The van der Waals surface area contributed by atoms with Gasteiger partial charge in [-0.2, -0.15) is 0 Å². The Labute approximate surface area is 339 Å². The summed E-state index contributed by atoms with van der Waals surface area (Å²) in [4.78, 5) is 2.69. The zero-order valence-electron chi connectivity index (χ0n) is 32.5. The summed E-state index contributed by atoms with van der Waals surface area (Å²) in [5, 5.41) is 2.42. The van der Waals surface area contributed by atoms with Crippen molar-refractivity contribution in [3.8, 4) is 22.3 Å². The van der Waals surface area contributed by atoms with Crippen LogP contribution in [0.5, 0.6) is 0 Å². The van der Waals surface area contributed by atoms with Crippen LogP contribution in [0.4, 0.5) is 17.1 Å². The monoisotopic (exact) mass is 745 g/mol. The second-order valence-electron chi connectivity index (χ2n) is 19.1. The van der Waals surface area contributed by atoms with Crippen molar-refractivity contribution in [2.75, 3.05) is 4.90 Å². The molecule has 7 aromatic carbocycles. The molecule has 0 radical (unpaired) electrons. The van der Waals surface area contributed by atoms with Crippen molar-refractivity contribution in [1.82, 2.24) is 0 Å². The Kier molecular flexibility index (Phi) is 5.70. The number of furan rings is 1. The Morgan fingerprint density at radius 1 is 0.517 bits per heavy atom. The number of rotatable bonds is 2. The first-order valence-electron chi connectivity index (χ1n) is 22.0. The quantitative estimate of drug-likeness (QED) is 0.175. The standard InChI is InChI=1S/C56H43NO/c1-4-14-44-38(11-1)42-24-25-55(44)46-16-6-7-17-48(46)57(49-23-22-41(53(42)54(49)55)40-13-9-19-51-52(40)43-12-3-8-18-50(43)58-51)36-20-21-39-37-10-2-5-15-45(37)56(47(39)31-36)34-27-32-26-33(29-34)30-35(56)28-32/h1-23,31-35,42H,24-30H2. The summed E-state index contributed by atoms with van der Waals surface area (Å²) in [6, 6.07) is 56.4. The van der Waals surface area contributed by atoms with E-state index in [2.05, 4.69) is 150 Å². The van der Waals surface area contributed by atoms with Crippen molar-refractivity contribution in [1.29, 1.82) is 0 Å². The van der Waals surface area contributed by atoms with Gasteiger partial charge in [0.2, 0.25) is 0 Å². The van der Waals surface area contributed by atoms with E-state index in [0.29, 0.717) is 5.92 Å². The van der Waals surface area contributed by atoms with Crippen LogP contribution in [0.15, 0.2) is 150 Å². The molecule has 58 heavy (non-hydrogen) atoms. The van der Waals surface area contributed by atoms with E-state index in [1.807, 2.05) is 0 Å². The van der Waals surface area contributed by atoms with Crippen molar-refractivity contribution in [3.63, 3.8) is 0 Å². The minimum Gasteiger partial charge on any atom is -0.456 e. The molecule has 1 aromatic heterocycles. The van der Waals surface area contributed by atoms with Gasteiger partial charge in [0.05, 0.1) is 11.4 Å². The molecule has 0 saturated heterocycles. The molecule has 2 unspecified atom stereocenters. The maximum atomic E-state index is 6.51. The highest BCUT2D eigenvalue weighted by Gasteiger charge is 2.62. The third-order valence-electron chi connectivity index (χ3n) is 16.9. The highest BCUT2D eigenvalue weighted by atomic mass is 16.3. The number of anilines is 3. The first-order chi connectivity index (χ1) is 28.7. The normalized spacial score (nSPS) is 28.5. The van der Waals surface area contributed by atoms with E-state index in [0.717, 1.165) is 47.7 Å². The van der Waals surface area contributed by atoms with E-state index in [1.165, 1.54) is 110 Å². The minimum atomic E-state index is -0.221. The molecule has 8 aliphatic carbocycles. The lowest BCUT2D eigenvalue weighted by Crippen LogP contribution is -2.55. The lowest BCUT2D eigenvalue weighted by molar-refractivity contribution is -0.0399. The van der Waals surface area contributed by atoms with Crippen LogP contribution in [0.2, 0.25) is 0 Å². The summed E-state index contributed by atoms with van der Waals surface area (Å²) in [7, 11) is 0. The van der Waals surface area contributed by atoms with Gasteiger partial charge >= 0.3 is 0 Å². The van der Waals surface area contributed by atoms with Crippen molar-refractivity contribution in [3.05, 3.63) is 185 Å². The number of fused-ring (bicyclic) bond motifs is 8. The van der Waals surface area contributed by atoms with Gasteiger partial charge in [0.1, 0.15) is 11.2 Å². The van der Waals surface area contributed by atoms with Crippen molar-refractivity contribution in [2.24, 2.45) is 23.7 Å². The highest BCUT2D eigenvalue weighted by Crippen LogP contribution is 2.71. The second kappa shape index (κ2) is 10.6. The lowest BCUT2D eigenvalue weighted by Gasteiger charge is -2.61. The van der Waals surface area contributed by atoms with E-state index in [-0.39, 0.29) is 10.8 Å². The van der Waals surface area contributed by atoms with Crippen LogP contribution in [0, 0.1) is 23.7 Å². The molecule has 8 aromatic rings. The molecule has 2 nitrogen and oxygen atoms in total. The number of benzene rings is 7. The molecule has 0 N–H and O–H groups in total. The molecule has 4 saturated carbocycles. The van der Waals surface area contributed by atoms with E-state index in [9.17, 15) is 0 Å². The zero-order valence-corrected chi connectivity index (χ0v) is 32.5. The topological polar surface area (TPSA) is 16.4 Å². The van der Waals surface area contributed by atoms with Crippen LogP contribution in [0.3, 0.4) is 0 Å². The highest BCUT2D eigenvalue weighted by molar-refractivity contribution is 6.13. The molecule has 9 aliphatic rings. The van der Waals surface area contributed by atoms with Gasteiger partial charge in [-0.05, 0) is 166 Å². The zero-order chi connectivity index (χ0) is 37.5. The third-order valence-corrected chi connectivity index (χ3v) is 16.9. The molecule has 1 aliphatic heterocycles. The van der Waals surface area contributed by atoms with Gasteiger partial charge in [0.15, 0.2) is 0 Å². The van der Waals surface area contributed by atoms with Crippen molar-refractivity contribution < 1.29 is 4.42 Å². The van der Waals surface area contributed by atoms with E-state index >= 15 is 0 Å². The van der Waals surface area contributed by atoms with Crippen molar-refractivity contribution >= 4 is 39.0 Å². The Hall–Kier alpha value is -5.86. The number of para-hydroxylation sites is 2. The van der Waals surface area contributed by atoms with Gasteiger partial charge in [0.25, 0.3) is 0 Å². The largest absolute Gasteiger partial charge is 0.456 e.